The number of anilines is 1. The lowest BCUT2D eigenvalue weighted by Crippen LogP contribution is -2.30. The number of aryl methyl sites for hydroxylation is 1. The summed E-state index contributed by atoms with van der Waals surface area (Å²) in [5.41, 5.74) is 6.10. The number of likely N-dealkylation sites (tertiary alicyclic amines) is 1. The molecule has 2 aromatic rings. The van der Waals surface area contributed by atoms with E-state index in [2.05, 4.69) is 10.3 Å². The van der Waals surface area contributed by atoms with Crippen LogP contribution in [-0.2, 0) is 0 Å². The monoisotopic (exact) mass is 364 g/mol. The molecule has 1 saturated heterocycles. The third-order valence-corrected chi connectivity index (χ3v) is 6.33. The highest BCUT2D eigenvalue weighted by Gasteiger charge is 2.33. The molecule has 1 aliphatic rings. The minimum Gasteiger partial charge on any atom is -0.365 e. The lowest BCUT2D eigenvalue weighted by atomic mass is 10.2. The molecule has 0 bridgehead atoms. The fourth-order valence-electron chi connectivity index (χ4n) is 2.92. The zero-order valence-electron chi connectivity index (χ0n) is 13.7. The van der Waals surface area contributed by atoms with E-state index in [-0.39, 0.29) is 11.9 Å². The van der Waals surface area contributed by atoms with Gasteiger partial charge >= 0.3 is 0 Å². The van der Waals surface area contributed by atoms with E-state index < -0.39 is 5.91 Å². The van der Waals surface area contributed by atoms with Crippen molar-refractivity contribution in [3.8, 4) is 0 Å². The lowest BCUT2D eigenvalue weighted by molar-refractivity contribution is 0.0741. The van der Waals surface area contributed by atoms with Gasteiger partial charge in [0, 0.05) is 18.0 Å². The molecule has 2 aromatic heterocycles. The van der Waals surface area contributed by atoms with E-state index >= 15 is 0 Å². The number of thiazole rings is 1. The molecule has 1 fully saturated rings. The van der Waals surface area contributed by atoms with E-state index in [9.17, 15) is 9.59 Å². The van der Waals surface area contributed by atoms with Crippen molar-refractivity contribution >= 4 is 39.6 Å². The van der Waals surface area contributed by atoms with E-state index in [1.165, 1.54) is 22.7 Å². The van der Waals surface area contributed by atoms with Crippen molar-refractivity contribution in [3.63, 3.8) is 0 Å². The predicted molar refractivity (Wildman–Crippen MR) is 96.9 cm³/mol. The van der Waals surface area contributed by atoms with Gasteiger partial charge in [0.15, 0.2) is 5.13 Å². The maximum Gasteiger partial charge on any atom is 0.266 e. The number of carbonyl (C=O) groups is 2. The molecule has 2 amide bonds. The van der Waals surface area contributed by atoms with Crippen LogP contribution in [0.5, 0.6) is 0 Å². The van der Waals surface area contributed by atoms with Gasteiger partial charge in [-0.15, -0.1) is 11.3 Å². The molecule has 1 atom stereocenters. The fourth-order valence-corrected chi connectivity index (χ4v) is 4.92. The Morgan fingerprint density at radius 1 is 1.42 bits per heavy atom. The molecule has 6 nitrogen and oxygen atoms in total. The van der Waals surface area contributed by atoms with Crippen molar-refractivity contribution in [2.75, 3.05) is 18.4 Å². The van der Waals surface area contributed by atoms with E-state index in [0.29, 0.717) is 9.75 Å². The van der Waals surface area contributed by atoms with Gasteiger partial charge in [-0.1, -0.05) is 11.3 Å². The summed E-state index contributed by atoms with van der Waals surface area (Å²) in [6.45, 7) is 5.37. The molecule has 0 unspecified atom stereocenters. The number of aromatic nitrogens is 1. The summed E-state index contributed by atoms with van der Waals surface area (Å²) in [5.74, 6) is -0.401. The standard InChI is InChI=1S/C16H20N4O2S2/c1-3-18-16-19-9(2)13(24-16)15(22)20-8-4-5-10(20)11-6-7-12(23-11)14(17)21/h6-7,10H,3-5,8H2,1-2H3,(H2,17,21)(H,18,19)/t10-/m0/s1. The molecule has 0 spiro atoms. The Labute approximate surface area is 148 Å². The minimum atomic E-state index is -0.421. The Morgan fingerprint density at radius 3 is 2.88 bits per heavy atom. The summed E-state index contributed by atoms with van der Waals surface area (Å²) in [6.07, 6.45) is 1.86. The van der Waals surface area contributed by atoms with Crippen molar-refractivity contribution in [1.29, 1.82) is 0 Å². The Kier molecular flexibility index (Phi) is 4.86. The molecule has 0 radical (unpaired) electrons. The van der Waals surface area contributed by atoms with Gasteiger partial charge in [-0.05, 0) is 38.8 Å². The summed E-state index contributed by atoms with van der Waals surface area (Å²) >= 11 is 2.78. The topological polar surface area (TPSA) is 88.3 Å². The number of hydrogen-bond acceptors (Lipinski definition) is 6. The second kappa shape index (κ2) is 6.90. The maximum absolute atomic E-state index is 13.0. The quantitative estimate of drug-likeness (QED) is 0.853. The molecule has 3 heterocycles. The number of rotatable bonds is 5. The van der Waals surface area contributed by atoms with E-state index in [4.69, 9.17) is 5.73 Å². The van der Waals surface area contributed by atoms with Gasteiger partial charge in [-0.2, -0.15) is 0 Å². The van der Waals surface area contributed by atoms with E-state index in [1.54, 1.807) is 6.07 Å². The van der Waals surface area contributed by atoms with Crippen LogP contribution in [0, 0.1) is 6.92 Å². The SMILES string of the molecule is CCNc1nc(C)c(C(=O)N2CCC[C@H]2c2ccc(C(N)=O)s2)s1. The second-order valence-corrected chi connectivity index (χ2v) is 7.80. The first-order valence-electron chi connectivity index (χ1n) is 7.93. The molecule has 8 heteroatoms. The number of carbonyl (C=O) groups excluding carboxylic acids is 2. The molecular weight excluding hydrogens is 344 g/mol. The van der Waals surface area contributed by atoms with Gasteiger partial charge in [0.25, 0.3) is 11.8 Å². The third kappa shape index (κ3) is 3.16. The summed E-state index contributed by atoms with van der Waals surface area (Å²) in [6, 6.07) is 3.66. The number of amides is 2. The number of nitrogens with two attached hydrogens (primary N) is 1. The lowest BCUT2D eigenvalue weighted by Gasteiger charge is -2.23. The van der Waals surface area contributed by atoms with Crippen LogP contribution in [0.1, 0.15) is 55.7 Å². The van der Waals surface area contributed by atoms with Crippen LogP contribution in [0.25, 0.3) is 0 Å². The molecule has 24 heavy (non-hydrogen) atoms. The second-order valence-electron chi connectivity index (χ2n) is 5.69. The Hall–Kier alpha value is -1.93. The van der Waals surface area contributed by atoms with Gasteiger partial charge in [-0.3, -0.25) is 9.59 Å². The minimum absolute atomic E-state index is 0.0136. The zero-order chi connectivity index (χ0) is 17.3. The predicted octanol–water partition coefficient (Wildman–Crippen LogP) is 3.02. The summed E-state index contributed by atoms with van der Waals surface area (Å²) in [7, 11) is 0. The fraction of sp³-hybridized carbons (Fsp3) is 0.438. The molecule has 0 aliphatic carbocycles. The highest BCUT2D eigenvalue weighted by atomic mass is 32.1. The Bertz CT molecular complexity index is 768. The van der Waals surface area contributed by atoms with Gasteiger partial charge in [0.2, 0.25) is 0 Å². The van der Waals surface area contributed by atoms with Gasteiger partial charge < -0.3 is 16.0 Å². The van der Waals surface area contributed by atoms with Crippen molar-refractivity contribution in [1.82, 2.24) is 9.88 Å². The third-order valence-electron chi connectivity index (χ3n) is 4.03. The number of nitrogens with one attached hydrogen (secondary N) is 1. The van der Waals surface area contributed by atoms with Crippen LogP contribution in [0.15, 0.2) is 12.1 Å². The maximum atomic E-state index is 13.0. The molecule has 0 saturated carbocycles. The van der Waals surface area contributed by atoms with Gasteiger partial charge in [0.1, 0.15) is 4.88 Å². The van der Waals surface area contributed by atoms with Crippen LogP contribution in [0.2, 0.25) is 0 Å². The number of hydrogen-bond donors (Lipinski definition) is 2. The molecule has 3 N–H and O–H groups in total. The van der Waals surface area contributed by atoms with Crippen molar-refractivity contribution < 1.29 is 9.59 Å². The summed E-state index contributed by atoms with van der Waals surface area (Å²) in [5, 5.41) is 3.94. The molecular formula is C16H20N4O2S2. The normalized spacial score (nSPS) is 17.2. The first kappa shape index (κ1) is 16.9. The molecule has 1 aliphatic heterocycles. The molecule has 0 aromatic carbocycles. The van der Waals surface area contributed by atoms with Crippen LogP contribution >= 0.6 is 22.7 Å². The zero-order valence-corrected chi connectivity index (χ0v) is 15.3. The first-order chi connectivity index (χ1) is 11.5. The summed E-state index contributed by atoms with van der Waals surface area (Å²) < 4.78 is 0. The summed E-state index contributed by atoms with van der Waals surface area (Å²) in [4.78, 5) is 32.9. The highest BCUT2D eigenvalue weighted by Crippen LogP contribution is 2.38. The van der Waals surface area contributed by atoms with Gasteiger partial charge in [0.05, 0.1) is 16.6 Å². The van der Waals surface area contributed by atoms with E-state index in [0.717, 1.165) is 41.6 Å². The van der Waals surface area contributed by atoms with Crippen LogP contribution in [-0.4, -0.2) is 34.8 Å². The smallest absolute Gasteiger partial charge is 0.266 e. The van der Waals surface area contributed by atoms with E-state index in [1.807, 2.05) is 24.8 Å². The number of primary amides is 1. The molecule has 3 rings (SSSR count). The van der Waals surface area contributed by atoms with Crippen molar-refractivity contribution in [3.05, 3.63) is 32.5 Å². The Morgan fingerprint density at radius 2 is 2.21 bits per heavy atom. The van der Waals surface area contributed by atoms with Crippen molar-refractivity contribution in [2.45, 2.75) is 32.7 Å². The Balaban J connectivity index is 1.84. The average molecular weight is 364 g/mol. The average Bonchev–Trinajstić information content (AvgIpc) is 3.25. The highest BCUT2D eigenvalue weighted by molar-refractivity contribution is 7.17. The molecule has 128 valence electrons. The number of thiophene rings is 1. The van der Waals surface area contributed by atoms with Crippen molar-refractivity contribution in [2.24, 2.45) is 5.73 Å². The largest absolute Gasteiger partial charge is 0.365 e. The number of nitrogens with zero attached hydrogens (tertiary/aromatic N) is 2. The van der Waals surface area contributed by atoms with Crippen LogP contribution in [0.4, 0.5) is 5.13 Å². The first-order valence-corrected chi connectivity index (χ1v) is 9.56. The van der Waals surface area contributed by atoms with Gasteiger partial charge in [-0.25, -0.2) is 4.98 Å². The van der Waals surface area contributed by atoms with Crippen LogP contribution in [0.3, 0.4) is 0 Å². The van der Waals surface area contributed by atoms with Crippen LogP contribution < -0.4 is 11.1 Å².